The van der Waals surface area contributed by atoms with Crippen LogP contribution in [0.3, 0.4) is 0 Å². The molecule has 6 nitrogen and oxygen atoms in total. The summed E-state index contributed by atoms with van der Waals surface area (Å²) < 4.78 is 1.64. The van der Waals surface area contributed by atoms with E-state index in [-0.39, 0.29) is 5.91 Å². The van der Waals surface area contributed by atoms with Gasteiger partial charge >= 0.3 is 0 Å². The van der Waals surface area contributed by atoms with Crippen molar-refractivity contribution in [2.24, 2.45) is 0 Å². The summed E-state index contributed by atoms with van der Waals surface area (Å²) in [6.07, 6.45) is 1.24. The lowest BCUT2D eigenvalue weighted by molar-refractivity contribution is 0.00549. The highest BCUT2D eigenvalue weighted by Crippen LogP contribution is 2.11. The summed E-state index contributed by atoms with van der Waals surface area (Å²) in [5.41, 5.74) is 1.42. The van der Waals surface area contributed by atoms with E-state index in [2.05, 4.69) is 10.3 Å². The molecule has 2 heterocycles. The normalized spacial score (nSPS) is 15.3. The smallest absolute Gasteiger partial charge is 0.276 e. The highest BCUT2D eigenvalue weighted by molar-refractivity contribution is 5.92. The molecule has 0 atom stereocenters. The van der Waals surface area contributed by atoms with Crippen LogP contribution in [0.15, 0.2) is 36.5 Å². The first-order chi connectivity index (χ1) is 9.22. The molecule has 0 bridgehead atoms. The standard InChI is InChI=1S/C13H14N4O2/c18-11-7-16(8-11)13(19)12-9-17(15-14-12)6-10-4-2-1-3-5-10/h1-5,9,11,18H,6-8H2. The maximum Gasteiger partial charge on any atom is 0.276 e. The van der Waals surface area contributed by atoms with E-state index < -0.39 is 6.10 Å². The predicted octanol–water partition coefficient (Wildman–Crippen LogP) is 0.143. The summed E-state index contributed by atoms with van der Waals surface area (Å²) in [5.74, 6) is -0.176. The summed E-state index contributed by atoms with van der Waals surface area (Å²) >= 11 is 0. The van der Waals surface area contributed by atoms with Crippen LogP contribution in [0.4, 0.5) is 0 Å². The van der Waals surface area contributed by atoms with E-state index in [4.69, 9.17) is 0 Å². The van der Waals surface area contributed by atoms with Gasteiger partial charge in [-0.25, -0.2) is 4.68 Å². The molecule has 0 saturated carbocycles. The van der Waals surface area contributed by atoms with Gasteiger partial charge in [-0.3, -0.25) is 4.79 Å². The number of hydrogen-bond donors (Lipinski definition) is 1. The number of β-amino-alcohol motifs (C(OH)–C–C–N with tert-alkyl or cyclic N) is 1. The van der Waals surface area contributed by atoms with Crippen molar-refractivity contribution in [2.45, 2.75) is 12.6 Å². The zero-order valence-corrected chi connectivity index (χ0v) is 10.3. The average Bonchev–Trinajstić information content (AvgIpc) is 2.84. The van der Waals surface area contributed by atoms with E-state index in [0.29, 0.717) is 25.3 Å². The molecule has 0 aliphatic carbocycles. The van der Waals surface area contributed by atoms with Gasteiger partial charge in [0.25, 0.3) is 5.91 Å². The van der Waals surface area contributed by atoms with Crippen LogP contribution >= 0.6 is 0 Å². The molecule has 0 spiro atoms. The molecule has 1 saturated heterocycles. The summed E-state index contributed by atoms with van der Waals surface area (Å²) in [6.45, 7) is 1.35. The van der Waals surface area contributed by atoms with Crippen molar-refractivity contribution in [1.29, 1.82) is 0 Å². The first kappa shape index (κ1) is 11.9. The van der Waals surface area contributed by atoms with Crippen molar-refractivity contribution in [3.63, 3.8) is 0 Å². The number of aliphatic hydroxyl groups is 1. The number of aliphatic hydroxyl groups excluding tert-OH is 1. The van der Waals surface area contributed by atoms with E-state index in [0.717, 1.165) is 5.56 Å². The molecule has 0 unspecified atom stereocenters. The van der Waals surface area contributed by atoms with Gasteiger partial charge in [-0.15, -0.1) is 5.10 Å². The second kappa shape index (κ2) is 4.81. The summed E-state index contributed by atoms with van der Waals surface area (Å²) in [5, 5.41) is 17.0. The highest BCUT2D eigenvalue weighted by atomic mass is 16.3. The van der Waals surface area contributed by atoms with Crippen molar-refractivity contribution in [3.8, 4) is 0 Å². The summed E-state index contributed by atoms with van der Waals surface area (Å²) in [4.78, 5) is 13.5. The third-order valence-electron chi connectivity index (χ3n) is 3.09. The van der Waals surface area contributed by atoms with Crippen LogP contribution in [0, 0.1) is 0 Å². The van der Waals surface area contributed by atoms with Gasteiger partial charge < -0.3 is 10.0 Å². The van der Waals surface area contributed by atoms with Crippen LogP contribution in [0.1, 0.15) is 16.1 Å². The molecule has 6 heteroatoms. The first-order valence-corrected chi connectivity index (χ1v) is 6.14. The number of hydrogen-bond acceptors (Lipinski definition) is 4. The van der Waals surface area contributed by atoms with Gasteiger partial charge in [-0.05, 0) is 5.56 Å². The molecule has 1 N–H and O–H groups in total. The van der Waals surface area contributed by atoms with E-state index in [9.17, 15) is 9.90 Å². The molecule has 98 valence electrons. The average molecular weight is 258 g/mol. The third kappa shape index (κ3) is 2.48. The Morgan fingerprint density at radius 3 is 2.74 bits per heavy atom. The van der Waals surface area contributed by atoms with Gasteiger partial charge in [0.15, 0.2) is 5.69 Å². The molecule has 2 aromatic rings. The minimum atomic E-state index is -0.400. The number of amides is 1. The van der Waals surface area contributed by atoms with Gasteiger partial charge in [-0.1, -0.05) is 35.5 Å². The Kier molecular flexibility index (Phi) is 3.00. The van der Waals surface area contributed by atoms with Crippen LogP contribution in [-0.4, -0.2) is 50.1 Å². The van der Waals surface area contributed by atoms with Gasteiger partial charge in [0.2, 0.25) is 0 Å². The lowest BCUT2D eigenvalue weighted by Gasteiger charge is -2.35. The number of aromatic nitrogens is 3. The topological polar surface area (TPSA) is 71.2 Å². The Morgan fingerprint density at radius 2 is 2.05 bits per heavy atom. The molecule has 1 aromatic heterocycles. The number of likely N-dealkylation sites (tertiary alicyclic amines) is 1. The Balaban J connectivity index is 1.68. The van der Waals surface area contributed by atoms with Crippen LogP contribution < -0.4 is 0 Å². The van der Waals surface area contributed by atoms with Gasteiger partial charge in [0.05, 0.1) is 18.8 Å². The number of carbonyl (C=O) groups excluding carboxylic acids is 1. The minimum Gasteiger partial charge on any atom is -0.389 e. The Hall–Kier alpha value is -2.21. The number of carbonyl (C=O) groups is 1. The molecule has 0 radical (unpaired) electrons. The van der Waals surface area contributed by atoms with E-state index in [1.807, 2.05) is 30.3 Å². The second-order valence-electron chi connectivity index (χ2n) is 4.65. The van der Waals surface area contributed by atoms with Crippen LogP contribution in [0.5, 0.6) is 0 Å². The maximum absolute atomic E-state index is 11.9. The van der Waals surface area contributed by atoms with Gasteiger partial charge in [0.1, 0.15) is 0 Å². The Labute approximate surface area is 110 Å². The molecule has 1 amide bonds. The Morgan fingerprint density at radius 1 is 1.32 bits per heavy atom. The minimum absolute atomic E-state index is 0.176. The van der Waals surface area contributed by atoms with E-state index in [1.54, 1.807) is 15.8 Å². The van der Waals surface area contributed by atoms with Crippen LogP contribution in [0.25, 0.3) is 0 Å². The summed E-state index contributed by atoms with van der Waals surface area (Å²) in [7, 11) is 0. The van der Waals surface area contributed by atoms with Gasteiger partial charge in [0, 0.05) is 13.1 Å². The SMILES string of the molecule is O=C(c1cn(Cc2ccccc2)nn1)N1CC(O)C1. The lowest BCUT2D eigenvalue weighted by atomic mass is 10.1. The van der Waals surface area contributed by atoms with Crippen molar-refractivity contribution >= 4 is 5.91 Å². The van der Waals surface area contributed by atoms with Crippen LogP contribution in [0.2, 0.25) is 0 Å². The van der Waals surface area contributed by atoms with E-state index >= 15 is 0 Å². The second-order valence-corrected chi connectivity index (χ2v) is 4.65. The number of nitrogens with zero attached hydrogens (tertiary/aromatic N) is 4. The van der Waals surface area contributed by atoms with Crippen molar-refractivity contribution in [3.05, 3.63) is 47.8 Å². The van der Waals surface area contributed by atoms with Crippen molar-refractivity contribution in [1.82, 2.24) is 19.9 Å². The maximum atomic E-state index is 11.9. The monoisotopic (exact) mass is 258 g/mol. The molecule has 1 aliphatic rings. The Bertz CT molecular complexity index is 575. The van der Waals surface area contributed by atoms with Gasteiger partial charge in [-0.2, -0.15) is 0 Å². The predicted molar refractivity (Wildman–Crippen MR) is 67.5 cm³/mol. The van der Waals surface area contributed by atoms with E-state index in [1.165, 1.54) is 0 Å². The summed E-state index contributed by atoms with van der Waals surface area (Å²) in [6, 6.07) is 9.86. The molecule has 3 rings (SSSR count). The molecule has 1 fully saturated rings. The zero-order chi connectivity index (χ0) is 13.2. The fourth-order valence-corrected chi connectivity index (χ4v) is 2.03. The zero-order valence-electron chi connectivity index (χ0n) is 10.3. The molecule has 19 heavy (non-hydrogen) atoms. The number of rotatable bonds is 3. The first-order valence-electron chi connectivity index (χ1n) is 6.14. The van der Waals surface area contributed by atoms with Crippen molar-refractivity contribution < 1.29 is 9.90 Å². The molecule has 1 aliphatic heterocycles. The molecule has 1 aromatic carbocycles. The largest absolute Gasteiger partial charge is 0.389 e. The molecular weight excluding hydrogens is 244 g/mol. The third-order valence-corrected chi connectivity index (χ3v) is 3.09. The lowest BCUT2D eigenvalue weighted by Crippen LogP contribution is -2.53. The fourth-order valence-electron chi connectivity index (χ4n) is 2.03. The quantitative estimate of drug-likeness (QED) is 0.850. The molecular formula is C13H14N4O2. The fraction of sp³-hybridized carbons (Fsp3) is 0.308. The number of benzene rings is 1. The van der Waals surface area contributed by atoms with Crippen molar-refractivity contribution in [2.75, 3.05) is 13.1 Å². The van der Waals surface area contributed by atoms with Crippen LogP contribution in [-0.2, 0) is 6.54 Å². The highest BCUT2D eigenvalue weighted by Gasteiger charge is 2.30.